The molecule has 0 aliphatic carbocycles. The highest BCUT2D eigenvalue weighted by atomic mass is 16.5. The number of rotatable bonds is 18. The van der Waals surface area contributed by atoms with E-state index in [0.717, 1.165) is 30.7 Å². The number of aryl methyl sites for hydroxylation is 2. The summed E-state index contributed by atoms with van der Waals surface area (Å²) >= 11 is 0. The largest absolute Gasteiger partial charge is 0.381 e. The summed E-state index contributed by atoms with van der Waals surface area (Å²) in [7, 11) is 3.62. The Kier molecular flexibility index (Phi) is 22.8. The standard InChI is InChI=1S/C28H46N2O.C5H8N2/c1-7-10-20-28(16-9-3)30-22-21-29-26(5)18-13-11-12-17-25(4)24-27(15-8-2)19-14-23-31-6;1-5-3-6-7(2)4-5/h11-15,17-19,21,28,30H,4,7-10,16,20,22-24H2,1-3,5-6H3;3-4H,1-2H3/b13-11-,17-12+,19-14-,26-18+,27-15+,29-21?;. The molecular weight excluding hydrogens is 468 g/mol. The Morgan fingerprint density at radius 3 is 2.53 bits per heavy atom. The molecular formula is C33H54N4O. The molecule has 0 aromatic carbocycles. The maximum Gasteiger partial charge on any atom is 0.0646 e. The van der Waals surface area contributed by atoms with Gasteiger partial charge in [-0.25, -0.2) is 0 Å². The molecule has 0 aliphatic heterocycles. The molecule has 0 saturated carbocycles. The smallest absolute Gasteiger partial charge is 0.0646 e. The van der Waals surface area contributed by atoms with Gasteiger partial charge in [0.25, 0.3) is 0 Å². The van der Waals surface area contributed by atoms with E-state index in [9.17, 15) is 0 Å². The third-order valence-electron chi connectivity index (χ3n) is 5.55. The minimum absolute atomic E-state index is 0.613. The van der Waals surface area contributed by atoms with Crippen LogP contribution in [0.3, 0.4) is 0 Å². The van der Waals surface area contributed by atoms with Crippen LogP contribution in [0.15, 0.2) is 89.4 Å². The molecule has 0 amide bonds. The lowest BCUT2D eigenvalue weighted by Gasteiger charge is -2.16. The Labute approximate surface area is 233 Å². The summed E-state index contributed by atoms with van der Waals surface area (Å²) in [5.41, 5.74) is 4.57. The van der Waals surface area contributed by atoms with Crippen LogP contribution in [0.4, 0.5) is 0 Å². The van der Waals surface area contributed by atoms with Gasteiger partial charge in [0.1, 0.15) is 0 Å². The number of nitrogens with zero attached hydrogens (tertiary/aromatic N) is 3. The number of hydrogen-bond donors (Lipinski definition) is 1. The molecule has 1 rings (SSSR count). The van der Waals surface area contributed by atoms with E-state index < -0.39 is 0 Å². The molecule has 5 nitrogen and oxygen atoms in total. The van der Waals surface area contributed by atoms with E-state index in [1.807, 2.05) is 69.9 Å². The summed E-state index contributed by atoms with van der Waals surface area (Å²) in [4.78, 5) is 4.52. The van der Waals surface area contributed by atoms with Crippen LogP contribution in [0.25, 0.3) is 0 Å². The Bertz CT molecular complexity index is 899. The zero-order valence-corrected chi connectivity index (χ0v) is 25.2. The topological polar surface area (TPSA) is 51.4 Å². The van der Waals surface area contributed by atoms with Gasteiger partial charge in [0, 0.05) is 44.9 Å². The van der Waals surface area contributed by atoms with Crippen molar-refractivity contribution >= 4 is 6.21 Å². The van der Waals surface area contributed by atoms with Gasteiger partial charge in [-0.15, -0.1) is 0 Å². The maximum absolute atomic E-state index is 5.07. The molecule has 38 heavy (non-hydrogen) atoms. The van der Waals surface area contributed by atoms with Gasteiger partial charge in [0.05, 0.1) is 12.8 Å². The maximum atomic E-state index is 5.07. The zero-order valence-electron chi connectivity index (χ0n) is 25.2. The van der Waals surface area contributed by atoms with Crippen LogP contribution in [0.5, 0.6) is 0 Å². The molecule has 1 N–H and O–H groups in total. The number of nitrogens with one attached hydrogen (secondary N) is 1. The summed E-state index contributed by atoms with van der Waals surface area (Å²) in [6.07, 6.45) is 30.5. The van der Waals surface area contributed by atoms with Crippen LogP contribution in [-0.2, 0) is 11.8 Å². The molecule has 1 aromatic heterocycles. The first-order valence-electron chi connectivity index (χ1n) is 14.1. The summed E-state index contributed by atoms with van der Waals surface area (Å²) in [5, 5.41) is 7.54. The van der Waals surface area contributed by atoms with Gasteiger partial charge in [-0.2, -0.15) is 5.10 Å². The number of hydrogen-bond acceptors (Lipinski definition) is 4. The van der Waals surface area contributed by atoms with Gasteiger partial charge in [-0.1, -0.05) is 94.7 Å². The lowest BCUT2D eigenvalue weighted by atomic mass is 10.0. The molecule has 1 heterocycles. The second kappa shape index (κ2) is 24.6. The van der Waals surface area contributed by atoms with E-state index in [2.05, 4.69) is 61.0 Å². The van der Waals surface area contributed by atoms with Crippen LogP contribution < -0.4 is 5.32 Å². The van der Waals surface area contributed by atoms with Crippen LogP contribution in [0.1, 0.15) is 78.2 Å². The molecule has 5 heteroatoms. The van der Waals surface area contributed by atoms with E-state index in [4.69, 9.17) is 4.74 Å². The van der Waals surface area contributed by atoms with Crippen molar-refractivity contribution in [1.29, 1.82) is 0 Å². The number of methoxy groups -OCH3 is 1. The van der Waals surface area contributed by atoms with Crippen LogP contribution in [-0.4, -0.2) is 42.3 Å². The molecule has 1 atom stereocenters. The molecule has 0 spiro atoms. The Morgan fingerprint density at radius 1 is 1.16 bits per heavy atom. The number of allylic oxidation sites excluding steroid dienone is 10. The third-order valence-corrected chi connectivity index (χ3v) is 5.55. The monoisotopic (exact) mass is 522 g/mol. The number of aromatic nitrogens is 2. The van der Waals surface area contributed by atoms with Crippen LogP contribution >= 0.6 is 0 Å². The lowest BCUT2D eigenvalue weighted by molar-refractivity contribution is 0.234. The van der Waals surface area contributed by atoms with E-state index in [0.29, 0.717) is 12.6 Å². The van der Waals surface area contributed by atoms with Gasteiger partial charge in [-0.05, 0) is 56.7 Å². The van der Waals surface area contributed by atoms with Gasteiger partial charge < -0.3 is 10.1 Å². The summed E-state index contributed by atoms with van der Waals surface area (Å²) in [5.74, 6) is 0. The third kappa shape index (κ3) is 21.3. The van der Waals surface area contributed by atoms with E-state index in [1.54, 1.807) is 11.8 Å². The fourth-order valence-corrected chi connectivity index (χ4v) is 3.67. The van der Waals surface area contributed by atoms with Gasteiger partial charge in [-0.3, -0.25) is 9.67 Å². The highest BCUT2D eigenvalue weighted by Gasteiger charge is 2.04. The second-order valence-corrected chi connectivity index (χ2v) is 9.47. The Balaban J connectivity index is 0.00000167. The van der Waals surface area contributed by atoms with Crippen molar-refractivity contribution in [2.45, 2.75) is 85.6 Å². The van der Waals surface area contributed by atoms with Crippen molar-refractivity contribution in [1.82, 2.24) is 15.1 Å². The van der Waals surface area contributed by atoms with E-state index in [1.165, 1.54) is 43.2 Å². The number of ether oxygens (including phenoxy) is 1. The average Bonchev–Trinajstić information content (AvgIpc) is 3.27. The molecule has 1 aromatic rings. The highest BCUT2D eigenvalue weighted by molar-refractivity contribution is 5.61. The first-order chi connectivity index (χ1) is 18.4. The Hall–Kier alpha value is -2.76. The molecule has 212 valence electrons. The average molecular weight is 523 g/mol. The van der Waals surface area contributed by atoms with Crippen molar-refractivity contribution in [3.8, 4) is 0 Å². The summed E-state index contributed by atoms with van der Waals surface area (Å²) in [6, 6.07) is 0.613. The SMILES string of the molecule is C=C(/C=C/C=C\C=C(/C)N=CCNC(CCC)CCCC)CC(/C=C\COC)=C/CC.Cc1cnn(C)c1. The molecule has 0 aliphatic rings. The molecule has 0 fully saturated rings. The predicted octanol–water partition coefficient (Wildman–Crippen LogP) is 8.24. The van der Waals surface area contributed by atoms with Crippen molar-refractivity contribution in [2.75, 3.05) is 20.3 Å². The highest BCUT2D eigenvalue weighted by Crippen LogP contribution is 2.13. The summed E-state index contributed by atoms with van der Waals surface area (Å²) < 4.78 is 6.86. The molecule has 0 bridgehead atoms. The predicted molar refractivity (Wildman–Crippen MR) is 168 cm³/mol. The van der Waals surface area contributed by atoms with Crippen molar-refractivity contribution in [2.24, 2.45) is 12.0 Å². The van der Waals surface area contributed by atoms with Gasteiger partial charge in [0.15, 0.2) is 0 Å². The minimum Gasteiger partial charge on any atom is -0.381 e. The molecule has 0 saturated heterocycles. The first-order valence-corrected chi connectivity index (χ1v) is 14.1. The fourth-order valence-electron chi connectivity index (χ4n) is 3.67. The molecule has 1 unspecified atom stereocenters. The van der Waals surface area contributed by atoms with Crippen molar-refractivity contribution < 1.29 is 4.74 Å². The zero-order chi connectivity index (χ0) is 28.4. The van der Waals surface area contributed by atoms with E-state index in [-0.39, 0.29) is 0 Å². The summed E-state index contributed by atoms with van der Waals surface area (Å²) in [6.45, 7) is 16.3. The Morgan fingerprint density at radius 2 is 1.95 bits per heavy atom. The van der Waals surface area contributed by atoms with Crippen LogP contribution in [0.2, 0.25) is 0 Å². The first kappa shape index (κ1) is 35.2. The minimum atomic E-state index is 0.613. The fraction of sp³-hybridized carbons (Fsp3) is 0.515. The number of aliphatic imine (C=N–C) groups is 1. The molecule has 0 radical (unpaired) electrons. The number of unbranched alkanes of at least 4 members (excludes halogenated alkanes) is 1. The van der Waals surface area contributed by atoms with Gasteiger partial charge >= 0.3 is 0 Å². The van der Waals surface area contributed by atoms with Gasteiger partial charge in [0.2, 0.25) is 0 Å². The van der Waals surface area contributed by atoms with Crippen LogP contribution in [0, 0.1) is 6.92 Å². The van der Waals surface area contributed by atoms with Crippen molar-refractivity contribution in [3.05, 3.63) is 90.0 Å². The van der Waals surface area contributed by atoms with E-state index >= 15 is 0 Å². The normalized spacial score (nSPS) is 13.7. The second-order valence-electron chi connectivity index (χ2n) is 9.47. The van der Waals surface area contributed by atoms with Crippen molar-refractivity contribution in [3.63, 3.8) is 0 Å². The lowest BCUT2D eigenvalue weighted by Crippen LogP contribution is -2.30. The quantitative estimate of drug-likeness (QED) is 0.156.